The van der Waals surface area contributed by atoms with Crippen molar-refractivity contribution in [3.63, 3.8) is 0 Å². The van der Waals surface area contributed by atoms with E-state index in [0.29, 0.717) is 5.92 Å². The zero-order valence-electron chi connectivity index (χ0n) is 13.8. The number of nitrogens with zero attached hydrogens (tertiary/aromatic N) is 3. The largest absolute Gasteiger partial charge is 0.399 e. The lowest BCUT2D eigenvalue weighted by atomic mass is 10.2. The Morgan fingerprint density at radius 3 is 2.62 bits per heavy atom. The summed E-state index contributed by atoms with van der Waals surface area (Å²) in [6.07, 6.45) is 1.20. The van der Waals surface area contributed by atoms with Gasteiger partial charge in [-0.1, -0.05) is 27.7 Å². The van der Waals surface area contributed by atoms with Crippen LogP contribution in [0, 0.1) is 0 Å². The summed E-state index contributed by atoms with van der Waals surface area (Å²) in [5.74, 6) is 1.57. The predicted octanol–water partition coefficient (Wildman–Crippen LogP) is 3.47. The molecule has 0 fully saturated rings. The van der Waals surface area contributed by atoms with Gasteiger partial charge in [-0.05, 0) is 37.7 Å². The third-order valence-corrected chi connectivity index (χ3v) is 3.95. The maximum Gasteiger partial charge on any atom is 0.112 e. The Balaban J connectivity index is 2.30. The second-order valence-electron chi connectivity index (χ2n) is 5.96. The van der Waals surface area contributed by atoms with Crippen LogP contribution in [0.25, 0.3) is 11.0 Å². The molecule has 2 rings (SSSR count). The Morgan fingerprint density at radius 1 is 1.24 bits per heavy atom. The minimum Gasteiger partial charge on any atom is -0.399 e. The molecule has 2 N–H and O–H groups in total. The van der Waals surface area contributed by atoms with Crippen LogP contribution in [0.5, 0.6) is 0 Å². The van der Waals surface area contributed by atoms with Crippen LogP contribution < -0.4 is 5.73 Å². The van der Waals surface area contributed by atoms with Crippen LogP contribution in [0.1, 0.15) is 45.9 Å². The van der Waals surface area contributed by atoms with E-state index >= 15 is 0 Å². The van der Waals surface area contributed by atoms with E-state index in [0.717, 1.165) is 43.2 Å². The third-order valence-electron chi connectivity index (χ3n) is 3.95. The first-order valence-corrected chi connectivity index (χ1v) is 8.04. The maximum absolute atomic E-state index is 5.89. The normalized spacial score (nSPS) is 11.9. The van der Waals surface area contributed by atoms with Gasteiger partial charge in [0.15, 0.2) is 0 Å². The van der Waals surface area contributed by atoms with Crippen LogP contribution in [-0.2, 0) is 6.54 Å². The molecule has 1 aromatic carbocycles. The molecule has 2 aromatic rings. The van der Waals surface area contributed by atoms with Gasteiger partial charge in [0, 0.05) is 24.7 Å². The minimum absolute atomic E-state index is 0.417. The summed E-state index contributed by atoms with van der Waals surface area (Å²) in [7, 11) is 0. The van der Waals surface area contributed by atoms with Crippen molar-refractivity contribution in [1.29, 1.82) is 0 Å². The van der Waals surface area contributed by atoms with Crippen molar-refractivity contribution in [1.82, 2.24) is 14.5 Å². The van der Waals surface area contributed by atoms with Crippen molar-refractivity contribution >= 4 is 16.7 Å². The zero-order valence-corrected chi connectivity index (χ0v) is 13.8. The van der Waals surface area contributed by atoms with E-state index < -0.39 is 0 Å². The van der Waals surface area contributed by atoms with Crippen LogP contribution in [-0.4, -0.2) is 34.1 Å². The number of nitrogen functional groups attached to an aromatic ring is 1. The molecule has 0 spiro atoms. The summed E-state index contributed by atoms with van der Waals surface area (Å²) in [5, 5.41) is 0. The Hall–Kier alpha value is -1.55. The summed E-state index contributed by atoms with van der Waals surface area (Å²) < 4.78 is 2.36. The van der Waals surface area contributed by atoms with E-state index in [4.69, 9.17) is 10.7 Å². The quantitative estimate of drug-likeness (QED) is 0.794. The van der Waals surface area contributed by atoms with Gasteiger partial charge in [-0.15, -0.1) is 0 Å². The SMILES string of the molecule is CCCN(CC)CCn1c(C(C)C)nc2cc(N)ccc21. The Morgan fingerprint density at radius 2 is 2.00 bits per heavy atom. The van der Waals surface area contributed by atoms with E-state index in [2.05, 4.69) is 43.2 Å². The molecule has 0 aliphatic rings. The van der Waals surface area contributed by atoms with Gasteiger partial charge in [0.2, 0.25) is 0 Å². The Labute approximate surface area is 128 Å². The van der Waals surface area contributed by atoms with Crippen LogP contribution >= 0.6 is 0 Å². The molecule has 0 amide bonds. The first-order valence-electron chi connectivity index (χ1n) is 8.04. The number of anilines is 1. The van der Waals surface area contributed by atoms with Gasteiger partial charge in [-0.3, -0.25) is 0 Å². The van der Waals surface area contributed by atoms with Crippen LogP contribution in [0.2, 0.25) is 0 Å². The molecule has 0 atom stereocenters. The van der Waals surface area contributed by atoms with Crippen LogP contribution in [0.4, 0.5) is 5.69 Å². The molecule has 0 saturated carbocycles. The monoisotopic (exact) mass is 288 g/mol. The fourth-order valence-electron chi connectivity index (χ4n) is 2.83. The number of hydrogen-bond acceptors (Lipinski definition) is 3. The van der Waals surface area contributed by atoms with Gasteiger partial charge in [0.1, 0.15) is 5.82 Å². The van der Waals surface area contributed by atoms with Crippen LogP contribution in [0.15, 0.2) is 18.2 Å². The Bertz CT molecular complexity index is 586. The molecule has 4 nitrogen and oxygen atoms in total. The molecule has 0 unspecified atom stereocenters. The van der Waals surface area contributed by atoms with Gasteiger partial charge >= 0.3 is 0 Å². The number of nitrogens with two attached hydrogens (primary N) is 1. The highest BCUT2D eigenvalue weighted by molar-refractivity contribution is 5.79. The van der Waals surface area contributed by atoms with E-state index in [1.165, 1.54) is 11.9 Å². The standard InChI is InChI=1S/C17H28N4/c1-5-9-20(6-2)10-11-21-16-8-7-14(18)12-15(16)19-17(21)13(3)4/h7-8,12-13H,5-6,9-11,18H2,1-4H3. The molecule has 4 heteroatoms. The highest BCUT2D eigenvalue weighted by Gasteiger charge is 2.14. The second kappa shape index (κ2) is 6.94. The fraction of sp³-hybridized carbons (Fsp3) is 0.588. The van der Waals surface area contributed by atoms with E-state index in [9.17, 15) is 0 Å². The van der Waals surface area contributed by atoms with E-state index in [-0.39, 0.29) is 0 Å². The van der Waals surface area contributed by atoms with Gasteiger partial charge in [0.25, 0.3) is 0 Å². The number of fused-ring (bicyclic) bond motifs is 1. The smallest absolute Gasteiger partial charge is 0.112 e. The van der Waals surface area contributed by atoms with Crippen molar-refractivity contribution in [2.75, 3.05) is 25.4 Å². The molecule has 116 valence electrons. The average molecular weight is 288 g/mol. The lowest BCUT2D eigenvalue weighted by Crippen LogP contribution is -2.28. The number of hydrogen-bond donors (Lipinski definition) is 1. The molecular formula is C17H28N4. The van der Waals surface area contributed by atoms with Crippen LogP contribution in [0.3, 0.4) is 0 Å². The molecule has 0 saturated heterocycles. The number of likely N-dealkylation sites (N-methyl/N-ethyl adjacent to an activating group) is 1. The van der Waals surface area contributed by atoms with Gasteiger partial charge in [-0.2, -0.15) is 0 Å². The zero-order chi connectivity index (χ0) is 15.4. The van der Waals surface area contributed by atoms with Crippen molar-refractivity contribution < 1.29 is 0 Å². The third kappa shape index (κ3) is 3.56. The topological polar surface area (TPSA) is 47.1 Å². The lowest BCUT2D eigenvalue weighted by Gasteiger charge is -2.21. The molecule has 21 heavy (non-hydrogen) atoms. The highest BCUT2D eigenvalue weighted by Crippen LogP contribution is 2.23. The number of benzene rings is 1. The first-order chi connectivity index (χ1) is 10.1. The summed E-state index contributed by atoms with van der Waals surface area (Å²) >= 11 is 0. The van der Waals surface area contributed by atoms with Crippen molar-refractivity contribution in [3.05, 3.63) is 24.0 Å². The number of rotatable bonds is 7. The molecule has 1 aromatic heterocycles. The molecule has 0 bridgehead atoms. The van der Waals surface area contributed by atoms with Gasteiger partial charge in [-0.25, -0.2) is 4.98 Å². The maximum atomic E-state index is 5.89. The number of aromatic nitrogens is 2. The van der Waals surface area contributed by atoms with E-state index in [1.54, 1.807) is 0 Å². The highest BCUT2D eigenvalue weighted by atomic mass is 15.2. The summed E-state index contributed by atoms with van der Waals surface area (Å²) in [6, 6.07) is 6.04. The van der Waals surface area contributed by atoms with Gasteiger partial charge < -0.3 is 15.2 Å². The first kappa shape index (κ1) is 15.8. The molecule has 0 radical (unpaired) electrons. The summed E-state index contributed by atoms with van der Waals surface area (Å²) in [4.78, 5) is 7.28. The Kier molecular flexibility index (Phi) is 5.23. The molecule has 0 aliphatic heterocycles. The van der Waals surface area contributed by atoms with Crippen molar-refractivity contribution in [3.8, 4) is 0 Å². The fourth-order valence-corrected chi connectivity index (χ4v) is 2.83. The minimum atomic E-state index is 0.417. The number of imidazole rings is 1. The van der Waals surface area contributed by atoms with Gasteiger partial charge in [0.05, 0.1) is 11.0 Å². The van der Waals surface area contributed by atoms with E-state index in [1.807, 2.05) is 12.1 Å². The molecular weight excluding hydrogens is 260 g/mol. The molecule has 1 heterocycles. The second-order valence-corrected chi connectivity index (χ2v) is 5.96. The summed E-state index contributed by atoms with van der Waals surface area (Å²) in [5.41, 5.74) is 8.87. The van der Waals surface area contributed by atoms with Crippen molar-refractivity contribution in [2.45, 2.75) is 46.6 Å². The predicted molar refractivity (Wildman–Crippen MR) is 90.6 cm³/mol. The molecule has 0 aliphatic carbocycles. The van der Waals surface area contributed by atoms with Crippen molar-refractivity contribution in [2.24, 2.45) is 0 Å². The average Bonchev–Trinajstić information content (AvgIpc) is 2.81. The summed E-state index contributed by atoms with van der Waals surface area (Å²) in [6.45, 7) is 13.2. The lowest BCUT2D eigenvalue weighted by molar-refractivity contribution is 0.276.